The van der Waals surface area contributed by atoms with Crippen molar-refractivity contribution < 1.29 is 9.90 Å². The van der Waals surface area contributed by atoms with Crippen molar-refractivity contribution in [2.45, 2.75) is 26.3 Å². The highest BCUT2D eigenvalue weighted by molar-refractivity contribution is 5.95. The third-order valence-electron chi connectivity index (χ3n) is 3.26. The summed E-state index contributed by atoms with van der Waals surface area (Å²) in [6, 6.07) is 7.41. The molecule has 1 atom stereocenters. The summed E-state index contributed by atoms with van der Waals surface area (Å²) in [5, 5.41) is 11.6. The Morgan fingerprint density at radius 3 is 2.89 bits per heavy atom. The molecule has 3 heteroatoms. The first-order valence-electron chi connectivity index (χ1n) is 6.03. The molecule has 94 valence electrons. The predicted octanol–water partition coefficient (Wildman–Crippen LogP) is 1.56. The van der Waals surface area contributed by atoms with Gasteiger partial charge in [-0.15, -0.1) is 0 Å². The van der Waals surface area contributed by atoms with E-state index in [1.807, 2.05) is 6.07 Å². The molecule has 1 fully saturated rings. The van der Waals surface area contributed by atoms with Gasteiger partial charge in [0.2, 0.25) is 0 Å². The summed E-state index contributed by atoms with van der Waals surface area (Å²) in [5.41, 5.74) is 1.58. The van der Waals surface area contributed by atoms with E-state index >= 15 is 0 Å². The van der Waals surface area contributed by atoms with Gasteiger partial charge in [-0.25, -0.2) is 0 Å². The summed E-state index contributed by atoms with van der Waals surface area (Å²) >= 11 is 0. The molecule has 0 saturated heterocycles. The lowest BCUT2D eigenvalue weighted by Gasteiger charge is -2.07. The molecule has 0 aromatic heterocycles. The van der Waals surface area contributed by atoms with Crippen LogP contribution in [-0.4, -0.2) is 23.7 Å². The Kier molecular flexibility index (Phi) is 3.40. The molecule has 2 N–H and O–H groups in total. The molecule has 0 bridgehead atoms. The number of benzene rings is 1. The molecule has 1 saturated carbocycles. The lowest BCUT2D eigenvalue weighted by Crippen LogP contribution is -2.28. The Bertz CT molecular complexity index is 523. The summed E-state index contributed by atoms with van der Waals surface area (Å²) in [6.45, 7) is 4.11. The van der Waals surface area contributed by atoms with Crippen molar-refractivity contribution in [1.82, 2.24) is 5.32 Å². The number of aliphatic hydroxyl groups is 1. The van der Waals surface area contributed by atoms with Crippen molar-refractivity contribution in [2.24, 2.45) is 5.41 Å². The number of carbonyl (C=O) groups excluding carboxylic acids is 1. The van der Waals surface area contributed by atoms with E-state index in [0.29, 0.717) is 5.56 Å². The van der Waals surface area contributed by atoms with E-state index in [1.54, 1.807) is 18.2 Å². The molecule has 0 aliphatic heterocycles. The molecule has 1 unspecified atom stereocenters. The Hall–Kier alpha value is -1.79. The van der Waals surface area contributed by atoms with Gasteiger partial charge in [-0.3, -0.25) is 4.79 Å². The minimum atomic E-state index is -0.174. The van der Waals surface area contributed by atoms with Crippen LogP contribution in [0.1, 0.15) is 36.2 Å². The largest absolute Gasteiger partial charge is 0.384 e. The van der Waals surface area contributed by atoms with E-state index in [-0.39, 0.29) is 24.0 Å². The van der Waals surface area contributed by atoms with Crippen LogP contribution in [0.3, 0.4) is 0 Å². The molecule has 0 radical (unpaired) electrons. The van der Waals surface area contributed by atoms with Crippen LogP contribution in [0.2, 0.25) is 0 Å². The minimum absolute atomic E-state index is 0.0572. The molecular formula is C15H17NO2. The molecule has 18 heavy (non-hydrogen) atoms. The van der Waals surface area contributed by atoms with Crippen LogP contribution >= 0.6 is 0 Å². The predicted molar refractivity (Wildman–Crippen MR) is 70.1 cm³/mol. The topological polar surface area (TPSA) is 49.3 Å². The van der Waals surface area contributed by atoms with Crippen LogP contribution in [0.15, 0.2) is 24.3 Å². The van der Waals surface area contributed by atoms with Crippen molar-refractivity contribution >= 4 is 5.91 Å². The second kappa shape index (κ2) is 4.83. The molecular weight excluding hydrogens is 226 g/mol. The van der Waals surface area contributed by atoms with Crippen LogP contribution in [0.25, 0.3) is 0 Å². The number of carbonyl (C=O) groups is 1. The van der Waals surface area contributed by atoms with E-state index in [1.165, 1.54) is 0 Å². The maximum absolute atomic E-state index is 12.0. The minimum Gasteiger partial charge on any atom is -0.384 e. The standard InChI is InChI=1S/C15H17NO2/c1-15(2)10-13(15)16-14(18)12-7-3-5-11(9-12)6-4-8-17/h3,5,7,9,13,17H,8,10H2,1-2H3,(H,16,18). The van der Waals surface area contributed by atoms with Crippen molar-refractivity contribution in [3.8, 4) is 11.8 Å². The van der Waals surface area contributed by atoms with Crippen LogP contribution in [0.4, 0.5) is 0 Å². The fourth-order valence-corrected chi connectivity index (χ4v) is 1.83. The number of aliphatic hydroxyl groups excluding tert-OH is 1. The summed E-state index contributed by atoms with van der Waals surface area (Å²) in [4.78, 5) is 12.0. The maximum Gasteiger partial charge on any atom is 0.251 e. The van der Waals surface area contributed by atoms with Gasteiger partial charge in [0.1, 0.15) is 6.61 Å². The number of nitrogens with one attached hydrogen (secondary N) is 1. The highest BCUT2D eigenvalue weighted by Gasteiger charge is 2.46. The second-order valence-corrected chi connectivity index (χ2v) is 5.26. The van der Waals surface area contributed by atoms with E-state index in [9.17, 15) is 4.79 Å². The molecule has 0 heterocycles. The van der Waals surface area contributed by atoms with Gasteiger partial charge >= 0.3 is 0 Å². The zero-order valence-electron chi connectivity index (χ0n) is 10.7. The highest BCUT2D eigenvalue weighted by Crippen LogP contribution is 2.44. The zero-order valence-corrected chi connectivity index (χ0v) is 10.7. The Balaban J connectivity index is 2.06. The molecule has 1 aromatic rings. The number of amides is 1. The van der Waals surface area contributed by atoms with E-state index in [2.05, 4.69) is 31.0 Å². The van der Waals surface area contributed by atoms with Crippen LogP contribution < -0.4 is 5.32 Å². The van der Waals surface area contributed by atoms with Gasteiger partial charge in [-0.1, -0.05) is 31.8 Å². The fraction of sp³-hybridized carbons (Fsp3) is 0.400. The van der Waals surface area contributed by atoms with Gasteiger partial charge in [0, 0.05) is 17.2 Å². The average Bonchev–Trinajstić information content (AvgIpc) is 2.94. The van der Waals surface area contributed by atoms with Gasteiger partial charge < -0.3 is 10.4 Å². The van der Waals surface area contributed by atoms with Crippen LogP contribution in [-0.2, 0) is 0 Å². The van der Waals surface area contributed by atoms with E-state index in [0.717, 1.165) is 12.0 Å². The van der Waals surface area contributed by atoms with Crippen LogP contribution in [0, 0.1) is 17.3 Å². The quantitative estimate of drug-likeness (QED) is 0.774. The zero-order chi connectivity index (χ0) is 13.2. The summed E-state index contributed by atoms with van der Waals surface area (Å²) in [6.07, 6.45) is 1.03. The first-order valence-corrected chi connectivity index (χ1v) is 6.03. The van der Waals surface area contributed by atoms with E-state index in [4.69, 9.17) is 5.11 Å². The molecule has 1 amide bonds. The molecule has 2 rings (SSSR count). The summed E-state index contributed by atoms with van der Waals surface area (Å²) in [5.74, 6) is 5.31. The summed E-state index contributed by atoms with van der Waals surface area (Å²) < 4.78 is 0. The van der Waals surface area contributed by atoms with Gasteiger partial charge in [0.25, 0.3) is 5.91 Å². The van der Waals surface area contributed by atoms with Gasteiger partial charge in [0.15, 0.2) is 0 Å². The molecule has 1 aromatic carbocycles. The summed E-state index contributed by atoms with van der Waals surface area (Å²) in [7, 11) is 0. The fourth-order valence-electron chi connectivity index (χ4n) is 1.83. The molecule has 3 nitrogen and oxygen atoms in total. The third-order valence-corrected chi connectivity index (χ3v) is 3.26. The SMILES string of the molecule is CC1(C)CC1NC(=O)c1cccc(C#CCO)c1. The monoisotopic (exact) mass is 243 g/mol. The third kappa shape index (κ3) is 2.91. The Morgan fingerprint density at radius 1 is 1.56 bits per heavy atom. The lowest BCUT2D eigenvalue weighted by atomic mass is 10.1. The van der Waals surface area contributed by atoms with Crippen molar-refractivity contribution in [2.75, 3.05) is 6.61 Å². The molecule has 1 aliphatic rings. The molecule has 0 spiro atoms. The van der Waals surface area contributed by atoms with Crippen molar-refractivity contribution in [1.29, 1.82) is 0 Å². The lowest BCUT2D eigenvalue weighted by molar-refractivity contribution is 0.0946. The van der Waals surface area contributed by atoms with Crippen molar-refractivity contribution in [3.63, 3.8) is 0 Å². The Morgan fingerprint density at radius 2 is 2.28 bits per heavy atom. The van der Waals surface area contributed by atoms with Crippen LogP contribution in [0.5, 0.6) is 0 Å². The number of hydrogen-bond acceptors (Lipinski definition) is 2. The van der Waals surface area contributed by atoms with Crippen molar-refractivity contribution in [3.05, 3.63) is 35.4 Å². The number of rotatable bonds is 2. The van der Waals surface area contributed by atoms with Gasteiger partial charge in [0.05, 0.1) is 0 Å². The first-order chi connectivity index (χ1) is 8.53. The molecule has 1 aliphatic carbocycles. The Labute approximate surface area is 107 Å². The normalized spacial score (nSPS) is 19.6. The smallest absolute Gasteiger partial charge is 0.251 e. The van der Waals surface area contributed by atoms with Gasteiger partial charge in [-0.2, -0.15) is 0 Å². The van der Waals surface area contributed by atoms with E-state index < -0.39 is 0 Å². The second-order valence-electron chi connectivity index (χ2n) is 5.26. The number of hydrogen-bond donors (Lipinski definition) is 2. The maximum atomic E-state index is 12.0. The van der Waals surface area contributed by atoms with Gasteiger partial charge in [-0.05, 0) is 30.0 Å². The average molecular weight is 243 g/mol. The first kappa shape index (κ1) is 12.7. The highest BCUT2D eigenvalue weighted by atomic mass is 16.2.